The Morgan fingerprint density at radius 3 is 1.84 bits per heavy atom. The molecular formula is C31H59NO13. The van der Waals surface area contributed by atoms with E-state index in [0.29, 0.717) is 12.8 Å². The zero-order valence-electron chi connectivity index (χ0n) is 26.9. The number of aliphatic hydroxyl groups is 8. The molecule has 0 saturated carbocycles. The van der Waals surface area contributed by atoms with Crippen molar-refractivity contribution in [3.05, 3.63) is 0 Å². The van der Waals surface area contributed by atoms with Gasteiger partial charge in [0.2, 0.25) is 5.91 Å². The van der Waals surface area contributed by atoms with E-state index in [4.69, 9.17) is 18.9 Å². The van der Waals surface area contributed by atoms with Gasteiger partial charge >= 0.3 is 0 Å². The highest BCUT2D eigenvalue weighted by Crippen LogP contribution is 2.29. The maximum absolute atomic E-state index is 12.4. The number of nitrogens with one attached hydrogen (secondary N) is 1. The third-order valence-electron chi connectivity index (χ3n) is 8.54. The molecule has 266 valence electrons. The van der Waals surface area contributed by atoms with Gasteiger partial charge in [0.25, 0.3) is 0 Å². The summed E-state index contributed by atoms with van der Waals surface area (Å²) in [5, 5.41) is 85.1. The summed E-state index contributed by atoms with van der Waals surface area (Å²) in [6.45, 7) is 2.41. The molecule has 0 radical (unpaired) electrons. The molecule has 14 nitrogen and oxygen atoms in total. The first kappa shape index (κ1) is 40.2. The van der Waals surface area contributed by atoms with Crippen LogP contribution >= 0.6 is 0 Å². The van der Waals surface area contributed by atoms with Gasteiger partial charge in [0, 0.05) is 6.42 Å². The van der Waals surface area contributed by atoms with E-state index in [9.17, 15) is 45.6 Å². The van der Waals surface area contributed by atoms with Gasteiger partial charge in [0.1, 0.15) is 48.8 Å². The van der Waals surface area contributed by atoms with E-state index in [0.717, 1.165) is 25.7 Å². The topological polar surface area (TPSA) is 228 Å². The maximum Gasteiger partial charge on any atom is 0.220 e. The van der Waals surface area contributed by atoms with Crippen molar-refractivity contribution >= 4 is 5.91 Å². The first-order valence-electron chi connectivity index (χ1n) is 16.8. The summed E-state index contributed by atoms with van der Waals surface area (Å²) in [6.07, 6.45) is -3.87. The molecular weight excluding hydrogens is 594 g/mol. The molecule has 12 unspecified atom stereocenters. The van der Waals surface area contributed by atoms with Crippen LogP contribution in [0.2, 0.25) is 0 Å². The third-order valence-corrected chi connectivity index (χ3v) is 8.54. The molecule has 0 aromatic heterocycles. The van der Waals surface area contributed by atoms with Crippen LogP contribution in [0, 0.1) is 0 Å². The van der Waals surface area contributed by atoms with Gasteiger partial charge in [0.05, 0.1) is 32.0 Å². The molecule has 45 heavy (non-hydrogen) atoms. The van der Waals surface area contributed by atoms with E-state index in [-0.39, 0.29) is 18.9 Å². The highest BCUT2D eigenvalue weighted by Gasteiger charge is 2.50. The molecule has 0 spiro atoms. The molecule has 0 aromatic carbocycles. The van der Waals surface area contributed by atoms with Gasteiger partial charge in [-0.1, -0.05) is 78.1 Å². The summed E-state index contributed by atoms with van der Waals surface area (Å²) >= 11 is 0. The Hall–Kier alpha value is -1.01. The van der Waals surface area contributed by atoms with Crippen LogP contribution in [0.4, 0.5) is 0 Å². The molecule has 0 aliphatic carbocycles. The van der Waals surface area contributed by atoms with Crippen LogP contribution in [-0.2, 0) is 23.7 Å². The number of rotatable bonds is 22. The fourth-order valence-electron chi connectivity index (χ4n) is 5.69. The van der Waals surface area contributed by atoms with Gasteiger partial charge in [-0.15, -0.1) is 0 Å². The monoisotopic (exact) mass is 653 g/mol. The van der Waals surface area contributed by atoms with Crippen molar-refractivity contribution in [2.24, 2.45) is 0 Å². The number of carbonyl (C=O) groups is 1. The molecule has 0 aromatic rings. The number of amides is 1. The Morgan fingerprint density at radius 1 is 0.711 bits per heavy atom. The van der Waals surface area contributed by atoms with Gasteiger partial charge in [-0.05, 0) is 12.8 Å². The molecule has 2 rings (SSSR count). The first-order chi connectivity index (χ1) is 21.6. The number of aliphatic hydroxyl groups excluding tert-OH is 8. The number of ether oxygens (including phenoxy) is 4. The standard InChI is InChI=1S/C31H59NO13/c1-3-5-6-7-8-9-10-11-12-13-15-20(35)19(32-23(36)14-4-2)18-42-30-28(41)26(39)29(22(17-34)44-30)45-31-27(40)25(38)24(37)21(16-33)43-31/h19-22,24-31,33-35,37-41H,3-18H2,1-2H3,(H,32,36). The second-order valence-corrected chi connectivity index (χ2v) is 12.3. The molecule has 2 aliphatic heterocycles. The summed E-state index contributed by atoms with van der Waals surface area (Å²) in [5.41, 5.74) is 0. The molecule has 2 fully saturated rings. The van der Waals surface area contributed by atoms with E-state index in [1.165, 1.54) is 38.5 Å². The zero-order chi connectivity index (χ0) is 33.4. The van der Waals surface area contributed by atoms with Gasteiger partial charge in [-0.25, -0.2) is 0 Å². The highest BCUT2D eigenvalue weighted by molar-refractivity contribution is 5.76. The summed E-state index contributed by atoms with van der Waals surface area (Å²) in [6, 6.07) is -0.814. The van der Waals surface area contributed by atoms with E-state index < -0.39 is 86.8 Å². The summed E-state index contributed by atoms with van der Waals surface area (Å²) < 4.78 is 22.3. The molecule has 9 N–H and O–H groups in total. The van der Waals surface area contributed by atoms with E-state index in [1.54, 1.807) is 0 Å². The lowest BCUT2D eigenvalue weighted by Crippen LogP contribution is -2.65. The normalized spacial score (nSPS) is 33.6. The lowest BCUT2D eigenvalue weighted by Gasteiger charge is -2.46. The van der Waals surface area contributed by atoms with Gasteiger partial charge in [-0.2, -0.15) is 0 Å². The van der Waals surface area contributed by atoms with Gasteiger partial charge in [-0.3, -0.25) is 4.79 Å². The fraction of sp³-hybridized carbons (Fsp3) is 0.968. The van der Waals surface area contributed by atoms with Crippen LogP contribution in [0.3, 0.4) is 0 Å². The third kappa shape index (κ3) is 12.8. The Bertz CT molecular complexity index is 791. The van der Waals surface area contributed by atoms with Crippen LogP contribution in [0.25, 0.3) is 0 Å². The number of carbonyl (C=O) groups excluding carboxylic acids is 1. The quantitative estimate of drug-likeness (QED) is 0.0678. The van der Waals surface area contributed by atoms with Crippen molar-refractivity contribution in [3.8, 4) is 0 Å². The predicted octanol–water partition coefficient (Wildman–Crippen LogP) is -0.416. The van der Waals surface area contributed by atoms with Gasteiger partial charge < -0.3 is 65.1 Å². The Balaban J connectivity index is 1.92. The second-order valence-electron chi connectivity index (χ2n) is 12.3. The predicted molar refractivity (Wildman–Crippen MR) is 162 cm³/mol. The lowest BCUT2D eigenvalue weighted by atomic mass is 9.97. The van der Waals surface area contributed by atoms with Crippen LogP contribution in [-0.4, -0.2) is 140 Å². The highest BCUT2D eigenvalue weighted by atomic mass is 16.7. The minimum atomic E-state index is -1.77. The number of hydrogen-bond acceptors (Lipinski definition) is 13. The van der Waals surface area contributed by atoms with Crippen molar-refractivity contribution in [2.75, 3.05) is 19.8 Å². The van der Waals surface area contributed by atoms with Crippen molar-refractivity contribution in [3.63, 3.8) is 0 Å². The van der Waals surface area contributed by atoms with Crippen molar-refractivity contribution in [1.29, 1.82) is 0 Å². The molecule has 1 amide bonds. The molecule has 2 heterocycles. The number of hydrogen-bond donors (Lipinski definition) is 9. The van der Waals surface area contributed by atoms with Crippen molar-refractivity contribution in [2.45, 2.75) is 171 Å². The second kappa shape index (κ2) is 21.8. The SMILES string of the molecule is CCCCCCCCCCCCC(O)C(COC1OC(CO)C(OC2OC(CO)C(O)C(O)C2O)C(O)C1O)NC(=O)CCC. The van der Waals surface area contributed by atoms with Crippen molar-refractivity contribution < 1.29 is 64.6 Å². The summed E-state index contributed by atoms with van der Waals surface area (Å²) in [4.78, 5) is 12.4. The number of unbranched alkanes of at least 4 members (excludes halogenated alkanes) is 9. The lowest BCUT2D eigenvalue weighted by molar-refractivity contribution is -0.359. The van der Waals surface area contributed by atoms with Gasteiger partial charge in [0.15, 0.2) is 12.6 Å². The summed E-state index contributed by atoms with van der Waals surface area (Å²) in [5.74, 6) is -0.264. The molecule has 2 aliphatic rings. The molecule has 12 atom stereocenters. The smallest absolute Gasteiger partial charge is 0.220 e. The van der Waals surface area contributed by atoms with Crippen molar-refractivity contribution in [1.82, 2.24) is 5.32 Å². The van der Waals surface area contributed by atoms with Crippen LogP contribution in [0.5, 0.6) is 0 Å². The largest absolute Gasteiger partial charge is 0.394 e. The Kier molecular flexibility index (Phi) is 19.4. The maximum atomic E-state index is 12.4. The first-order valence-corrected chi connectivity index (χ1v) is 16.8. The van der Waals surface area contributed by atoms with E-state index in [2.05, 4.69) is 12.2 Å². The van der Waals surface area contributed by atoms with E-state index >= 15 is 0 Å². The van der Waals surface area contributed by atoms with E-state index in [1.807, 2.05) is 6.92 Å². The minimum Gasteiger partial charge on any atom is -0.394 e. The molecule has 2 saturated heterocycles. The van der Waals surface area contributed by atoms with Crippen LogP contribution < -0.4 is 5.32 Å². The minimum absolute atomic E-state index is 0.251. The average molecular weight is 654 g/mol. The van der Waals surface area contributed by atoms with Crippen LogP contribution in [0.15, 0.2) is 0 Å². The fourth-order valence-corrected chi connectivity index (χ4v) is 5.69. The average Bonchev–Trinajstić information content (AvgIpc) is 3.03. The summed E-state index contributed by atoms with van der Waals surface area (Å²) in [7, 11) is 0. The molecule has 0 bridgehead atoms. The zero-order valence-corrected chi connectivity index (χ0v) is 26.9. The molecule has 14 heteroatoms. The van der Waals surface area contributed by atoms with Crippen LogP contribution in [0.1, 0.15) is 97.3 Å². The Labute approximate surface area is 266 Å². The Morgan fingerprint density at radius 2 is 1.27 bits per heavy atom.